The summed E-state index contributed by atoms with van der Waals surface area (Å²) in [4.78, 5) is 0. The van der Waals surface area contributed by atoms with Crippen molar-refractivity contribution >= 4 is 5.69 Å². The molecule has 1 aromatic rings. The number of halogens is 1. The minimum absolute atomic E-state index is 0.278. The molecule has 3 heteroatoms. The second-order valence-electron chi connectivity index (χ2n) is 2.95. The molecule has 0 radical (unpaired) electrons. The summed E-state index contributed by atoms with van der Waals surface area (Å²) in [6.07, 6.45) is 0.702. The normalized spacial score (nSPS) is 9.00. The van der Waals surface area contributed by atoms with E-state index < -0.39 is 0 Å². The van der Waals surface area contributed by atoms with Crippen molar-refractivity contribution in [3.8, 4) is 17.6 Å². The van der Waals surface area contributed by atoms with Crippen LogP contribution in [0.5, 0.6) is 5.75 Å². The van der Waals surface area contributed by atoms with Crippen molar-refractivity contribution in [3.63, 3.8) is 0 Å². The number of hydrogen-bond acceptors (Lipinski definition) is 2. The van der Waals surface area contributed by atoms with E-state index in [2.05, 4.69) is 17.2 Å². The fourth-order valence-corrected chi connectivity index (χ4v) is 1.15. The maximum atomic E-state index is 13.3. The van der Waals surface area contributed by atoms with E-state index in [-0.39, 0.29) is 5.82 Å². The molecule has 0 amide bonds. The van der Waals surface area contributed by atoms with Crippen molar-refractivity contribution in [2.45, 2.75) is 13.3 Å². The summed E-state index contributed by atoms with van der Waals surface area (Å²) in [6.45, 7) is 2.41. The fraction of sp³-hybridized carbons (Fsp3) is 0.333. The molecule has 0 heterocycles. The van der Waals surface area contributed by atoms with Crippen LogP contribution < -0.4 is 10.1 Å². The van der Waals surface area contributed by atoms with Crippen molar-refractivity contribution in [3.05, 3.63) is 24.0 Å². The summed E-state index contributed by atoms with van der Waals surface area (Å²) in [7, 11) is 1.56. The van der Waals surface area contributed by atoms with Gasteiger partial charge < -0.3 is 10.1 Å². The molecule has 1 aromatic carbocycles. The van der Waals surface area contributed by atoms with Gasteiger partial charge in [-0.15, -0.1) is 11.8 Å². The molecule has 0 spiro atoms. The fourth-order valence-electron chi connectivity index (χ4n) is 1.15. The van der Waals surface area contributed by atoms with E-state index in [1.165, 1.54) is 6.07 Å². The lowest BCUT2D eigenvalue weighted by Gasteiger charge is -2.07. The summed E-state index contributed by atoms with van der Waals surface area (Å²) in [5.41, 5.74) is 0.451. The van der Waals surface area contributed by atoms with E-state index >= 15 is 0 Å². The highest BCUT2D eigenvalue weighted by molar-refractivity contribution is 5.49. The summed E-state index contributed by atoms with van der Waals surface area (Å²) >= 11 is 0. The van der Waals surface area contributed by atoms with Crippen LogP contribution in [0.4, 0.5) is 10.1 Å². The van der Waals surface area contributed by atoms with Crippen LogP contribution in [-0.2, 0) is 0 Å². The topological polar surface area (TPSA) is 21.3 Å². The second-order valence-corrected chi connectivity index (χ2v) is 2.95. The van der Waals surface area contributed by atoms with Gasteiger partial charge in [-0.1, -0.05) is 0 Å². The summed E-state index contributed by atoms with van der Waals surface area (Å²) in [6, 6.07) is 4.60. The first-order valence-electron chi connectivity index (χ1n) is 4.75. The largest absolute Gasteiger partial charge is 0.497 e. The zero-order valence-electron chi connectivity index (χ0n) is 8.93. The third-order valence-electron chi connectivity index (χ3n) is 1.92. The van der Waals surface area contributed by atoms with Crippen LogP contribution in [0.3, 0.4) is 0 Å². The standard InChI is InChI=1S/C12H14FNO/c1-3-4-5-8-14-12-9-10(15-2)6-7-11(12)13/h6-7,9,14H,5,8H2,1-2H3. The van der Waals surface area contributed by atoms with Crippen molar-refractivity contribution in [1.29, 1.82) is 0 Å². The molecule has 15 heavy (non-hydrogen) atoms. The molecular formula is C12H14FNO. The molecule has 2 nitrogen and oxygen atoms in total. The number of rotatable bonds is 4. The summed E-state index contributed by atoms with van der Waals surface area (Å²) in [5.74, 6) is 6.04. The summed E-state index contributed by atoms with van der Waals surface area (Å²) < 4.78 is 18.3. The molecule has 0 aliphatic rings. The molecule has 0 aromatic heterocycles. The Balaban J connectivity index is 2.61. The van der Waals surface area contributed by atoms with Crippen molar-refractivity contribution in [2.24, 2.45) is 0 Å². The van der Waals surface area contributed by atoms with E-state index in [0.717, 1.165) is 0 Å². The maximum Gasteiger partial charge on any atom is 0.146 e. The van der Waals surface area contributed by atoms with Gasteiger partial charge in [-0.05, 0) is 19.1 Å². The van der Waals surface area contributed by atoms with Gasteiger partial charge in [0.15, 0.2) is 0 Å². The Kier molecular flexibility index (Phi) is 4.49. The smallest absolute Gasteiger partial charge is 0.146 e. The quantitative estimate of drug-likeness (QED) is 0.605. The van der Waals surface area contributed by atoms with Crippen LogP contribution in [0, 0.1) is 17.7 Å². The Hall–Kier alpha value is -1.69. The van der Waals surface area contributed by atoms with Crippen LogP contribution in [0.25, 0.3) is 0 Å². The van der Waals surface area contributed by atoms with Gasteiger partial charge in [0.2, 0.25) is 0 Å². The zero-order chi connectivity index (χ0) is 11.1. The van der Waals surface area contributed by atoms with Gasteiger partial charge in [-0.3, -0.25) is 0 Å². The van der Waals surface area contributed by atoms with Crippen LogP contribution in [0.15, 0.2) is 18.2 Å². The van der Waals surface area contributed by atoms with E-state index in [1.807, 2.05) is 0 Å². The first-order chi connectivity index (χ1) is 7.27. The summed E-state index contributed by atoms with van der Waals surface area (Å²) in [5, 5.41) is 2.96. The average Bonchev–Trinajstić information content (AvgIpc) is 2.26. The lowest BCUT2D eigenvalue weighted by atomic mass is 10.2. The van der Waals surface area contributed by atoms with Crippen LogP contribution in [-0.4, -0.2) is 13.7 Å². The molecule has 0 aliphatic heterocycles. The molecule has 0 aliphatic carbocycles. The maximum absolute atomic E-state index is 13.3. The molecule has 0 bridgehead atoms. The van der Waals surface area contributed by atoms with Crippen molar-refractivity contribution < 1.29 is 9.13 Å². The lowest BCUT2D eigenvalue weighted by molar-refractivity contribution is 0.414. The average molecular weight is 207 g/mol. The molecule has 0 atom stereocenters. The van der Waals surface area contributed by atoms with Gasteiger partial charge in [-0.25, -0.2) is 4.39 Å². The van der Waals surface area contributed by atoms with Crippen LogP contribution >= 0.6 is 0 Å². The molecule has 0 unspecified atom stereocenters. The minimum atomic E-state index is -0.278. The van der Waals surface area contributed by atoms with Gasteiger partial charge in [0.25, 0.3) is 0 Å². The highest BCUT2D eigenvalue weighted by Crippen LogP contribution is 2.20. The predicted octanol–water partition coefficient (Wildman–Crippen LogP) is 2.66. The molecule has 0 saturated carbocycles. The molecular weight excluding hydrogens is 193 g/mol. The number of hydrogen-bond donors (Lipinski definition) is 1. The van der Waals surface area contributed by atoms with Gasteiger partial charge in [-0.2, -0.15) is 0 Å². The number of ether oxygens (including phenoxy) is 1. The van der Waals surface area contributed by atoms with Gasteiger partial charge >= 0.3 is 0 Å². The second kappa shape index (κ2) is 5.92. The molecule has 0 saturated heterocycles. The van der Waals surface area contributed by atoms with E-state index in [0.29, 0.717) is 24.4 Å². The van der Waals surface area contributed by atoms with Gasteiger partial charge in [0.05, 0.1) is 12.8 Å². The highest BCUT2D eigenvalue weighted by atomic mass is 19.1. The minimum Gasteiger partial charge on any atom is -0.497 e. The van der Waals surface area contributed by atoms with Crippen LogP contribution in [0.2, 0.25) is 0 Å². The van der Waals surface area contributed by atoms with E-state index in [4.69, 9.17) is 4.74 Å². The zero-order valence-corrected chi connectivity index (χ0v) is 8.93. The van der Waals surface area contributed by atoms with Gasteiger partial charge in [0, 0.05) is 19.0 Å². The first-order valence-corrected chi connectivity index (χ1v) is 4.75. The van der Waals surface area contributed by atoms with E-state index in [9.17, 15) is 4.39 Å². The van der Waals surface area contributed by atoms with E-state index in [1.54, 1.807) is 26.2 Å². The third-order valence-corrected chi connectivity index (χ3v) is 1.92. The first kappa shape index (κ1) is 11.4. The van der Waals surface area contributed by atoms with Crippen LogP contribution in [0.1, 0.15) is 13.3 Å². The van der Waals surface area contributed by atoms with Crippen molar-refractivity contribution in [2.75, 3.05) is 19.0 Å². The Morgan fingerprint density at radius 1 is 1.47 bits per heavy atom. The lowest BCUT2D eigenvalue weighted by Crippen LogP contribution is -2.02. The third kappa shape index (κ3) is 3.51. The highest BCUT2D eigenvalue weighted by Gasteiger charge is 2.02. The number of anilines is 1. The van der Waals surface area contributed by atoms with Gasteiger partial charge in [0.1, 0.15) is 11.6 Å². The van der Waals surface area contributed by atoms with Crippen molar-refractivity contribution in [1.82, 2.24) is 0 Å². The molecule has 1 rings (SSSR count). The Morgan fingerprint density at radius 3 is 2.93 bits per heavy atom. The SMILES string of the molecule is CC#CCCNc1cc(OC)ccc1F. The predicted molar refractivity (Wildman–Crippen MR) is 59.5 cm³/mol. The number of nitrogens with one attached hydrogen (secondary N) is 1. The Bertz CT molecular complexity index is 379. The molecule has 80 valence electrons. The molecule has 0 fully saturated rings. The number of methoxy groups -OCH3 is 1. The molecule has 1 N–H and O–H groups in total. The Morgan fingerprint density at radius 2 is 2.27 bits per heavy atom. The Labute approximate surface area is 89.4 Å². The number of benzene rings is 1. The monoisotopic (exact) mass is 207 g/mol.